The number of aromatic nitrogens is 3. The molecule has 102 valence electrons. The molecular weight excluding hydrogens is 262 g/mol. The highest BCUT2D eigenvalue weighted by atomic mass is 16.4. The van der Waals surface area contributed by atoms with Gasteiger partial charge in [0, 0.05) is 6.54 Å². The van der Waals surface area contributed by atoms with Gasteiger partial charge in [-0.05, 0) is 17.7 Å². The molecule has 8 nitrogen and oxygen atoms in total. The lowest BCUT2D eigenvalue weighted by Crippen LogP contribution is -2.29. The molecule has 0 unspecified atom stereocenters. The first-order valence-electron chi connectivity index (χ1n) is 5.66. The Kier molecular flexibility index (Phi) is 4.17. The summed E-state index contributed by atoms with van der Waals surface area (Å²) in [5, 5.41) is 21.0. The summed E-state index contributed by atoms with van der Waals surface area (Å²) in [6.07, 6.45) is 2.79. The fourth-order valence-electron chi connectivity index (χ4n) is 1.45. The fraction of sp³-hybridized carbons (Fsp3) is 0.0833. The molecule has 1 aromatic heterocycles. The van der Waals surface area contributed by atoms with Crippen molar-refractivity contribution in [2.75, 3.05) is 5.32 Å². The maximum absolute atomic E-state index is 11.6. The number of anilines is 1. The van der Waals surface area contributed by atoms with Crippen LogP contribution >= 0.6 is 0 Å². The van der Waals surface area contributed by atoms with E-state index >= 15 is 0 Å². The highest BCUT2D eigenvalue weighted by Crippen LogP contribution is 2.05. The van der Waals surface area contributed by atoms with Gasteiger partial charge in [-0.3, -0.25) is 5.32 Å². The summed E-state index contributed by atoms with van der Waals surface area (Å²) in [4.78, 5) is 26.2. The van der Waals surface area contributed by atoms with E-state index in [1.54, 1.807) is 12.1 Å². The number of aromatic carboxylic acids is 1. The van der Waals surface area contributed by atoms with Gasteiger partial charge < -0.3 is 10.4 Å². The molecule has 1 heterocycles. The molecule has 0 atom stereocenters. The number of amides is 2. The van der Waals surface area contributed by atoms with Gasteiger partial charge in [0.1, 0.15) is 0 Å². The second-order valence-electron chi connectivity index (χ2n) is 3.78. The van der Waals surface area contributed by atoms with Crippen LogP contribution in [0.3, 0.4) is 0 Å². The number of carboxylic acids is 1. The van der Waals surface area contributed by atoms with Crippen molar-refractivity contribution in [2.45, 2.75) is 6.54 Å². The summed E-state index contributed by atoms with van der Waals surface area (Å²) in [6, 6.07) is 5.80. The van der Waals surface area contributed by atoms with Gasteiger partial charge in [-0.15, -0.1) is 5.10 Å². The molecule has 2 rings (SSSR count). The zero-order valence-electron chi connectivity index (χ0n) is 10.3. The van der Waals surface area contributed by atoms with Crippen LogP contribution in [0.15, 0.2) is 36.7 Å². The summed E-state index contributed by atoms with van der Waals surface area (Å²) in [5.41, 5.74) is 0.840. The first kappa shape index (κ1) is 13.4. The number of rotatable bonds is 4. The predicted molar refractivity (Wildman–Crippen MR) is 69.1 cm³/mol. The zero-order valence-corrected chi connectivity index (χ0v) is 10.3. The Labute approximate surface area is 113 Å². The zero-order chi connectivity index (χ0) is 14.4. The fourth-order valence-corrected chi connectivity index (χ4v) is 1.45. The summed E-state index contributed by atoms with van der Waals surface area (Å²) in [6.45, 7) is 0.188. The Bertz CT molecular complexity index is 617. The Morgan fingerprint density at radius 2 is 2.10 bits per heavy atom. The van der Waals surface area contributed by atoms with Crippen molar-refractivity contribution in [1.29, 1.82) is 0 Å². The van der Waals surface area contributed by atoms with Crippen LogP contribution in [0.4, 0.5) is 10.7 Å². The van der Waals surface area contributed by atoms with Crippen LogP contribution in [0.1, 0.15) is 15.9 Å². The number of carbonyl (C=O) groups is 2. The van der Waals surface area contributed by atoms with Gasteiger partial charge in [-0.2, -0.15) is 5.10 Å². The van der Waals surface area contributed by atoms with Gasteiger partial charge in [-0.25, -0.2) is 14.6 Å². The first-order valence-corrected chi connectivity index (χ1v) is 5.66. The van der Waals surface area contributed by atoms with Crippen LogP contribution in [0, 0.1) is 0 Å². The summed E-state index contributed by atoms with van der Waals surface area (Å²) in [7, 11) is 0. The van der Waals surface area contributed by atoms with Crippen molar-refractivity contribution in [3.63, 3.8) is 0 Å². The van der Waals surface area contributed by atoms with Crippen LogP contribution in [0.2, 0.25) is 0 Å². The largest absolute Gasteiger partial charge is 0.478 e. The molecule has 0 saturated heterocycles. The lowest BCUT2D eigenvalue weighted by atomic mass is 10.1. The van der Waals surface area contributed by atoms with Gasteiger partial charge >= 0.3 is 12.0 Å². The maximum Gasteiger partial charge on any atom is 0.335 e. The summed E-state index contributed by atoms with van der Waals surface area (Å²) in [5.74, 6) is -0.927. The van der Waals surface area contributed by atoms with E-state index < -0.39 is 12.0 Å². The number of nitrogens with one attached hydrogen (secondary N) is 2. The molecule has 0 saturated carbocycles. The van der Waals surface area contributed by atoms with Crippen LogP contribution in [-0.4, -0.2) is 32.3 Å². The van der Waals surface area contributed by atoms with Crippen LogP contribution in [0.25, 0.3) is 0 Å². The second-order valence-corrected chi connectivity index (χ2v) is 3.78. The Morgan fingerprint density at radius 1 is 1.25 bits per heavy atom. The molecule has 0 radical (unpaired) electrons. The van der Waals surface area contributed by atoms with E-state index in [0.29, 0.717) is 5.56 Å². The number of hydrogen-bond donors (Lipinski definition) is 3. The normalized spacial score (nSPS) is 9.80. The van der Waals surface area contributed by atoms with E-state index in [1.165, 1.54) is 24.5 Å². The van der Waals surface area contributed by atoms with Gasteiger partial charge in [0.2, 0.25) is 0 Å². The van der Waals surface area contributed by atoms with Crippen molar-refractivity contribution < 1.29 is 14.7 Å². The quantitative estimate of drug-likeness (QED) is 0.761. The minimum Gasteiger partial charge on any atom is -0.478 e. The van der Waals surface area contributed by atoms with Gasteiger partial charge in [0.05, 0.1) is 18.0 Å². The second kappa shape index (κ2) is 6.23. The standard InChI is InChI=1S/C12H11N5O3/c18-10(19)9-3-1-2-8(6-9)7-14-12(20)16-11-13-4-5-15-17-11/h1-6H,7H2,(H,18,19)(H2,13,14,16,17,20). The molecule has 0 aliphatic rings. The van der Waals surface area contributed by atoms with Crippen molar-refractivity contribution in [3.8, 4) is 0 Å². The minimum absolute atomic E-state index is 0.0873. The Morgan fingerprint density at radius 3 is 2.80 bits per heavy atom. The number of urea groups is 1. The molecule has 0 aliphatic carbocycles. The highest BCUT2D eigenvalue weighted by Gasteiger charge is 2.06. The number of benzene rings is 1. The average Bonchev–Trinajstić information content (AvgIpc) is 2.46. The first-order chi connectivity index (χ1) is 9.65. The third-order valence-electron chi connectivity index (χ3n) is 2.33. The van der Waals surface area contributed by atoms with Crippen LogP contribution in [-0.2, 0) is 6.54 Å². The van der Waals surface area contributed by atoms with E-state index in [0.717, 1.165) is 0 Å². The molecule has 20 heavy (non-hydrogen) atoms. The molecule has 8 heteroatoms. The van der Waals surface area contributed by atoms with Gasteiger partial charge in [0.15, 0.2) is 0 Å². The Hall–Kier alpha value is -3.03. The van der Waals surface area contributed by atoms with E-state index in [2.05, 4.69) is 25.8 Å². The van der Waals surface area contributed by atoms with Crippen molar-refractivity contribution in [3.05, 3.63) is 47.8 Å². The van der Waals surface area contributed by atoms with E-state index in [4.69, 9.17) is 5.11 Å². The summed E-state index contributed by atoms with van der Waals surface area (Å²) >= 11 is 0. The number of hydrogen-bond acceptors (Lipinski definition) is 5. The van der Waals surface area contributed by atoms with Crippen molar-refractivity contribution in [1.82, 2.24) is 20.5 Å². The van der Waals surface area contributed by atoms with E-state index in [9.17, 15) is 9.59 Å². The molecular formula is C12H11N5O3. The molecule has 2 aromatic rings. The van der Waals surface area contributed by atoms with Crippen LogP contribution in [0.5, 0.6) is 0 Å². The molecule has 2 amide bonds. The molecule has 1 aromatic carbocycles. The van der Waals surface area contributed by atoms with Crippen LogP contribution < -0.4 is 10.6 Å². The average molecular weight is 273 g/mol. The predicted octanol–water partition coefficient (Wildman–Crippen LogP) is 0.891. The number of carboxylic acid groups (broad SMARTS) is 1. The molecule has 3 N–H and O–H groups in total. The maximum atomic E-state index is 11.6. The highest BCUT2D eigenvalue weighted by molar-refractivity contribution is 5.88. The van der Waals surface area contributed by atoms with E-state index in [-0.39, 0.29) is 18.1 Å². The SMILES string of the molecule is O=C(NCc1cccc(C(=O)O)c1)Nc1nccnn1. The third kappa shape index (κ3) is 3.73. The Balaban J connectivity index is 1.90. The topological polar surface area (TPSA) is 117 Å². The van der Waals surface area contributed by atoms with Crippen molar-refractivity contribution in [2.24, 2.45) is 0 Å². The molecule has 0 fully saturated rings. The smallest absolute Gasteiger partial charge is 0.335 e. The lowest BCUT2D eigenvalue weighted by Gasteiger charge is -2.06. The van der Waals surface area contributed by atoms with Crippen molar-refractivity contribution >= 4 is 17.9 Å². The molecule has 0 spiro atoms. The monoisotopic (exact) mass is 273 g/mol. The van der Waals surface area contributed by atoms with E-state index in [1.807, 2.05) is 0 Å². The number of carbonyl (C=O) groups excluding carboxylic acids is 1. The summed E-state index contributed by atoms with van der Waals surface area (Å²) < 4.78 is 0. The molecule has 0 bridgehead atoms. The lowest BCUT2D eigenvalue weighted by molar-refractivity contribution is 0.0696. The number of nitrogens with zero attached hydrogens (tertiary/aromatic N) is 3. The molecule has 0 aliphatic heterocycles. The minimum atomic E-state index is -1.01. The van der Waals surface area contributed by atoms with Gasteiger partial charge in [0.25, 0.3) is 5.95 Å². The van der Waals surface area contributed by atoms with Gasteiger partial charge in [-0.1, -0.05) is 12.1 Å². The third-order valence-corrected chi connectivity index (χ3v) is 2.33.